The Morgan fingerprint density at radius 1 is 0.741 bits per heavy atom. The lowest BCUT2D eigenvalue weighted by Gasteiger charge is -2.18. The number of amides is 1. The minimum Gasteiger partial charge on any atom is -0.303 e. The third-order valence-electron chi connectivity index (χ3n) is 5.33. The Hall–Kier alpha value is -3.39. The van der Waals surface area contributed by atoms with Crippen LogP contribution in [0.25, 0.3) is 21.9 Å². The van der Waals surface area contributed by atoms with Crippen molar-refractivity contribution in [1.29, 1.82) is 0 Å². The van der Waals surface area contributed by atoms with E-state index < -0.39 is 0 Å². The van der Waals surface area contributed by atoms with E-state index in [1.165, 1.54) is 16.7 Å². The molecule has 0 aliphatic carbocycles. The zero-order valence-electron chi connectivity index (χ0n) is 15.1. The summed E-state index contributed by atoms with van der Waals surface area (Å²) in [5, 5.41) is 2.20. The Labute approximate surface area is 158 Å². The molecule has 1 amide bonds. The highest BCUT2D eigenvalue weighted by Crippen LogP contribution is 2.42. The fourth-order valence-corrected chi connectivity index (χ4v) is 3.95. The van der Waals surface area contributed by atoms with E-state index in [4.69, 9.17) is 0 Å². The lowest BCUT2D eigenvalue weighted by atomic mass is 9.95. The highest BCUT2D eigenvalue weighted by Gasteiger charge is 2.30. The van der Waals surface area contributed by atoms with Crippen LogP contribution in [0.5, 0.6) is 0 Å². The van der Waals surface area contributed by atoms with Crippen molar-refractivity contribution in [3.63, 3.8) is 0 Å². The Morgan fingerprint density at radius 3 is 2.30 bits per heavy atom. The molecule has 1 heterocycles. The summed E-state index contributed by atoms with van der Waals surface area (Å²) in [6.45, 7) is 2.69. The van der Waals surface area contributed by atoms with Gasteiger partial charge in [0.1, 0.15) is 0 Å². The van der Waals surface area contributed by atoms with Gasteiger partial charge >= 0.3 is 0 Å². The number of nitrogens with zero attached hydrogens (tertiary/aromatic N) is 1. The Bertz CT molecular complexity index is 1160. The average Bonchev–Trinajstić information content (AvgIpc) is 2.98. The molecule has 0 unspecified atom stereocenters. The van der Waals surface area contributed by atoms with Crippen molar-refractivity contribution in [3.05, 3.63) is 102 Å². The van der Waals surface area contributed by atoms with E-state index >= 15 is 0 Å². The first-order valence-electron chi connectivity index (χ1n) is 9.21. The maximum atomic E-state index is 13.1. The number of aryl methyl sites for hydroxylation is 1. The maximum absolute atomic E-state index is 13.1. The van der Waals surface area contributed by atoms with Crippen LogP contribution in [0.4, 0.5) is 5.69 Å². The van der Waals surface area contributed by atoms with Crippen molar-refractivity contribution in [2.24, 2.45) is 0 Å². The summed E-state index contributed by atoms with van der Waals surface area (Å²) in [6, 6.07) is 29.0. The molecule has 4 aromatic carbocycles. The molecule has 130 valence electrons. The van der Waals surface area contributed by atoms with E-state index in [-0.39, 0.29) is 5.91 Å². The topological polar surface area (TPSA) is 20.3 Å². The summed E-state index contributed by atoms with van der Waals surface area (Å²) < 4.78 is 0. The molecule has 1 aliphatic heterocycles. The van der Waals surface area contributed by atoms with Crippen molar-refractivity contribution in [2.75, 3.05) is 4.90 Å². The SMILES string of the molecule is Cc1ccc(-c2ccc3c4c(cccc24)C(=O)N3Cc2ccccc2)cc1. The van der Waals surface area contributed by atoms with E-state index in [0.29, 0.717) is 6.54 Å². The van der Waals surface area contributed by atoms with Gasteiger partial charge in [0.2, 0.25) is 0 Å². The molecule has 0 aromatic heterocycles. The molecule has 0 saturated heterocycles. The van der Waals surface area contributed by atoms with Crippen molar-refractivity contribution in [1.82, 2.24) is 0 Å². The van der Waals surface area contributed by atoms with E-state index in [2.05, 4.69) is 61.5 Å². The summed E-state index contributed by atoms with van der Waals surface area (Å²) in [6.07, 6.45) is 0. The number of carbonyl (C=O) groups excluding carboxylic acids is 1. The van der Waals surface area contributed by atoms with Crippen LogP contribution < -0.4 is 4.90 Å². The predicted molar refractivity (Wildman–Crippen MR) is 111 cm³/mol. The van der Waals surface area contributed by atoms with Crippen molar-refractivity contribution >= 4 is 22.4 Å². The molecular weight excluding hydrogens is 330 g/mol. The minimum absolute atomic E-state index is 0.0838. The molecular formula is C25H19NO. The van der Waals surface area contributed by atoms with Gasteiger partial charge in [0.25, 0.3) is 5.91 Å². The lowest BCUT2D eigenvalue weighted by molar-refractivity contribution is 0.0991. The molecule has 2 heteroatoms. The number of carbonyl (C=O) groups is 1. The van der Waals surface area contributed by atoms with Crippen LogP contribution in [0.15, 0.2) is 84.9 Å². The first-order chi connectivity index (χ1) is 13.2. The summed E-state index contributed by atoms with van der Waals surface area (Å²) in [4.78, 5) is 15.0. The minimum atomic E-state index is 0.0838. The number of rotatable bonds is 3. The second-order valence-corrected chi connectivity index (χ2v) is 7.10. The fraction of sp³-hybridized carbons (Fsp3) is 0.0800. The van der Waals surface area contributed by atoms with Crippen LogP contribution >= 0.6 is 0 Å². The van der Waals surface area contributed by atoms with Gasteiger partial charge in [0, 0.05) is 10.9 Å². The zero-order valence-corrected chi connectivity index (χ0v) is 15.1. The van der Waals surface area contributed by atoms with E-state index in [0.717, 1.165) is 27.6 Å². The molecule has 2 nitrogen and oxygen atoms in total. The molecule has 0 atom stereocenters. The Kier molecular flexibility index (Phi) is 3.58. The molecule has 4 aromatic rings. The van der Waals surface area contributed by atoms with Crippen molar-refractivity contribution in [2.45, 2.75) is 13.5 Å². The third-order valence-corrected chi connectivity index (χ3v) is 5.33. The molecule has 0 N–H and O–H groups in total. The van der Waals surface area contributed by atoms with Crippen molar-refractivity contribution < 1.29 is 4.79 Å². The number of hydrogen-bond acceptors (Lipinski definition) is 1. The summed E-state index contributed by atoms with van der Waals surface area (Å²) in [5.74, 6) is 0.0838. The van der Waals surface area contributed by atoms with Crippen LogP contribution in [0.2, 0.25) is 0 Å². The van der Waals surface area contributed by atoms with E-state index in [1.807, 2.05) is 35.2 Å². The van der Waals surface area contributed by atoms with Gasteiger partial charge in [0.15, 0.2) is 0 Å². The molecule has 0 spiro atoms. The Morgan fingerprint density at radius 2 is 1.52 bits per heavy atom. The predicted octanol–water partition coefficient (Wildman–Crippen LogP) is 5.98. The van der Waals surface area contributed by atoms with Gasteiger partial charge in [0.05, 0.1) is 12.2 Å². The summed E-state index contributed by atoms with van der Waals surface area (Å²) in [5.41, 5.74) is 6.53. The fourth-order valence-electron chi connectivity index (χ4n) is 3.95. The quantitative estimate of drug-likeness (QED) is 0.446. The first kappa shape index (κ1) is 15.8. The van der Waals surface area contributed by atoms with Crippen LogP contribution in [0, 0.1) is 6.92 Å². The molecule has 0 saturated carbocycles. The molecule has 0 radical (unpaired) electrons. The summed E-state index contributed by atoms with van der Waals surface area (Å²) in [7, 11) is 0. The maximum Gasteiger partial charge on any atom is 0.259 e. The van der Waals surface area contributed by atoms with E-state index in [1.54, 1.807) is 0 Å². The van der Waals surface area contributed by atoms with Gasteiger partial charge in [-0.25, -0.2) is 0 Å². The molecule has 1 aliphatic rings. The standard InChI is InChI=1S/C25H19NO/c1-17-10-12-19(13-11-17)20-14-15-23-24-21(20)8-5-9-22(24)25(27)26(23)16-18-6-3-2-4-7-18/h2-15H,16H2,1H3. The van der Waals surface area contributed by atoms with Gasteiger partial charge in [-0.1, -0.05) is 78.4 Å². The average molecular weight is 349 g/mol. The van der Waals surface area contributed by atoms with Gasteiger partial charge < -0.3 is 4.90 Å². The van der Waals surface area contributed by atoms with Gasteiger partial charge in [-0.15, -0.1) is 0 Å². The smallest absolute Gasteiger partial charge is 0.259 e. The van der Waals surface area contributed by atoms with Gasteiger partial charge in [-0.05, 0) is 41.1 Å². The van der Waals surface area contributed by atoms with Crippen LogP contribution in [-0.4, -0.2) is 5.91 Å². The number of hydrogen-bond donors (Lipinski definition) is 0. The second kappa shape index (κ2) is 6.10. The van der Waals surface area contributed by atoms with Crippen molar-refractivity contribution in [3.8, 4) is 11.1 Å². The highest BCUT2D eigenvalue weighted by atomic mass is 16.2. The van der Waals surface area contributed by atoms with Crippen LogP contribution in [0.3, 0.4) is 0 Å². The second-order valence-electron chi connectivity index (χ2n) is 7.10. The van der Waals surface area contributed by atoms with Crippen LogP contribution in [-0.2, 0) is 6.54 Å². The lowest BCUT2D eigenvalue weighted by Crippen LogP contribution is -2.25. The Balaban J connectivity index is 1.67. The molecule has 0 fully saturated rings. The first-order valence-corrected chi connectivity index (χ1v) is 9.21. The zero-order chi connectivity index (χ0) is 18.4. The number of anilines is 1. The van der Waals surface area contributed by atoms with Crippen LogP contribution in [0.1, 0.15) is 21.5 Å². The molecule has 0 bridgehead atoms. The largest absolute Gasteiger partial charge is 0.303 e. The van der Waals surface area contributed by atoms with E-state index in [9.17, 15) is 4.79 Å². The monoisotopic (exact) mass is 349 g/mol. The molecule has 5 rings (SSSR count). The summed E-state index contributed by atoms with van der Waals surface area (Å²) >= 11 is 0. The third kappa shape index (κ3) is 2.53. The van der Waals surface area contributed by atoms with Gasteiger partial charge in [-0.3, -0.25) is 4.79 Å². The molecule has 27 heavy (non-hydrogen) atoms. The normalized spacial score (nSPS) is 12.8. The van der Waals surface area contributed by atoms with Gasteiger partial charge in [-0.2, -0.15) is 0 Å². The highest BCUT2D eigenvalue weighted by molar-refractivity contribution is 6.26. The number of benzene rings is 4.